The van der Waals surface area contributed by atoms with Crippen molar-refractivity contribution in [3.63, 3.8) is 0 Å². The van der Waals surface area contributed by atoms with E-state index < -0.39 is 0 Å². The molecule has 0 saturated carbocycles. The first-order valence-electron chi connectivity index (χ1n) is 9.51. The Balaban J connectivity index is 1.72. The highest BCUT2D eigenvalue weighted by Crippen LogP contribution is 2.32. The summed E-state index contributed by atoms with van der Waals surface area (Å²) in [6.45, 7) is 4.50. The van der Waals surface area contributed by atoms with Crippen LogP contribution < -0.4 is 10.3 Å². The Morgan fingerprint density at radius 3 is 2.80 bits per heavy atom. The second-order valence-electron chi connectivity index (χ2n) is 6.85. The molecule has 0 atom stereocenters. The molecule has 0 aliphatic heterocycles. The van der Waals surface area contributed by atoms with Crippen LogP contribution in [0, 0.1) is 6.92 Å². The second-order valence-corrected chi connectivity index (χ2v) is 9.99. The fourth-order valence-electron chi connectivity index (χ4n) is 2.98. The van der Waals surface area contributed by atoms with Crippen molar-refractivity contribution in [3.05, 3.63) is 66.3 Å². The Morgan fingerprint density at radius 1 is 1.20 bits per heavy atom. The molecule has 4 rings (SSSR count). The summed E-state index contributed by atoms with van der Waals surface area (Å²) in [7, 11) is 0. The van der Waals surface area contributed by atoms with Crippen LogP contribution in [-0.2, 0) is 6.42 Å². The van der Waals surface area contributed by atoms with Gasteiger partial charge >= 0.3 is 5.56 Å². The Hall–Kier alpha value is -1.93. The maximum atomic E-state index is 13.1. The van der Waals surface area contributed by atoms with Crippen molar-refractivity contribution in [2.24, 2.45) is 0 Å². The summed E-state index contributed by atoms with van der Waals surface area (Å²) in [6.07, 6.45) is 6.12. The lowest BCUT2D eigenvalue weighted by atomic mass is 10.1. The summed E-state index contributed by atoms with van der Waals surface area (Å²) in [5.74, 6) is 0.259. The zero-order chi connectivity index (χ0) is 21.3. The third-order valence-corrected chi connectivity index (χ3v) is 7.11. The molecule has 30 heavy (non-hydrogen) atoms. The minimum absolute atomic E-state index is 0.198. The van der Waals surface area contributed by atoms with Gasteiger partial charge in [-0.3, -0.25) is 9.20 Å². The van der Waals surface area contributed by atoms with Gasteiger partial charge in [-0.1, -0.05) is 42.6 Å². The first-order valence-corrected chi connectivity index (χ1v) is 11.9. The number of hydrogen-bond acceptors (Lipinski definition) is 6. The largest absolute Gasteiger partial charge is 0.486 e. The van der Waals surface area contributed by atoms with Gasteiger partial charge in [0.15, 0.2) is 4.96 Å². The van der Waals surface area contributed by atoms with Gasteiger partial charge in [0, 0.05) is 28.6 Å². The van der Waals surface area contributed by atoms with Crippen molar-refractivity contribution in [1.82, 2.24) is 14.4 Å². The first-order chi connectivity index (χ1) is 14.5. The molecule has 156 valence electrons. The van der Waals surface area contributed by atoms with Gasteiger partial charge < -0.3 is 4.74 Å². The number of halogens is 2. The van der Waals surface area contributed by atoms with Gasteiger partial charge in [0.1, 0.15) is 10.7 Å². The molecule has 3 aromatic heterocycles. The number of rotatable bonds is 7. The van der Waals surface area contributed by atoms with Crippen molar-refractivity contribution in [2.45, 2.75) is 33.1 Å². The Labute approximate surface area is 191 Å². The predicted molar refractivity (Wildman–Crippen MR) is 125 cm³/mol. The van der Waals surface area contributed by atoms with Crippen molar-refractivity contribution in [2.75, 3.05) is 6.61 Å². The molecule has 5 nitrogen and oxygen atoms in total. The number of benzene rings is 1. The van der Waals surface area contributed by atoms with Crippen LogP contribution in [0.1, 0.15) is 35.1 Å². The van der Waals surface area contributed by atoms with E-state index in [1.807, 2.05) is 25.3 Å². The molecule has 1 aromatic carbocycles. The van der Waals surface area contributed by atoms with E-state index in [9.17, 15) is 4.79 Å². The lowest BCUT2D eigenvalue weighted by Gasteiger charge is -2.08. The van der Waals surface area contributed by atoms with Gasteiger partial charge in [-0.25, -0.2) is 9.97 Å². The maximum absolute atomic E-state index is 13.1. The molecular weight excluding hydrogens is 461 g/mol. The average molecular weight is 480 g/mol. The zero-order valence-electron chi connectivity index (χ0n) is 16.4. The zero-order valence-corrected chi connectivity index (χ0v) is 19.6. The smallest absolute Gasteiger partial charge is 0.301 e. The van der Waals surface area contributed by atoms with Crippen molar-refractivity contribution in [1.29, 1.82) is 0 Å². The van der Waals surface area contributed by atoms with E-state index in [2.05, 4.69) is 11.9 Å². The molecule has 0 N–H and O–H groups in total. The standard InChI is InChI=1S/C21H19Cl2N3O2S2/c1-3-4-7-28-18-17(25-21-26(20(18)27)11-12(2)29-21)19-24-10-14(30-19)8-13-5-6-15(22)16(23)9-13/h5-6,9-11H,3-4,7-8H2,1-2H3. The first kappa shape index (κ1) is 21.3. The van der Waals surface area contributed by atoms with E-state index in [4.69, 9.17) is 32.9 Å². The Bertz CT molecular complexity index is 1260. The van der Waals surface area contributed by atoms with Crippen molar-refractivity contribution < 1.29 is 4.74 Å². The molecule has 0 unspecified atom stereocenters. The highest BCUT2D eigenvalue weighted by molar-refractivity contribution is 7.17. The number of fused-ring (bicyclic) bond motifs is 1. The van der Waals surface area contributed by atoms with Gasteiger partial charge in [-0.15, -0.1) is 22.7 Å². The summed E-state index contributed by atoms with van der Waals surface area (Å²) in [4.78, 5) is 25.0. The van der Waals surface area contributed by atoms with E-state index in [0.717, 1.165) is 28.2 Å². The molecule has 3 heterocycles. The van der Waals surface area contributed by atoms with E-state index >= 15 is 0 Å². The normalized spacial score (nSPS) is 11.3. The summed E-state index contributed by atoms with van der Waals surface area (Å²) in [5.41, 5.74) is 1.34. The molecule has 0 radical (unpaired) electrons. The highest BCUT2D eigenvalue weighted by atomic mass is 35.5. The Kier molecular flexibility index (Phi) is 6.43. The van der Waals surface area contributed by atoms with Crippen molar-refractivity contribution in [3.8, 4) is 16.5 Å². The minimum Gasteiger partial charge on any atom is -0.486 e. The number of unbranched alkanes of at least 4 members (excludes halogenated alkanes) is 1. The van der Waals surface area contributed by atoms with Crippen LogP contribution in [-0.4, -0.2) is 21.0 Å². The van der Waals surface area contributed by atoms with Gasteiger partial charge in [0.25, 0.3) is 0 Å². The fraction of sp³-hybridized carbons (Fsp3) is 0.286. The molecule has 4 aromatic rings. The summed E-state index contributed by atoms with van der Waals surface area (Å²) < 4.78 is 7.43. The van der Waals surface area contributed by atoms with Crippen LogP contribution in [0.5, 0.6) is 5.75 Å². The third-order valence-electron chi connectivity index (χ3n) is 4.47. The van der Waals surface area contributed by atoms with Crippen LogP contribution in [0.3, 0.4) is 0 Å². The molecule has 0 aliphatic rings. The minimum atomic E-state index is -0.198. The quantitative estimate of drug-likeness (QED) is 0.293. The van der Waals surface area contributed by atoms with Gasteiger partial charge in [0.05, 0.1) is 16.7 Å². The fourth-order valence-corrected chi connectivity index (χ4v) is 5.05. The lowest BCUT2D eigenvalue weighted by molar-refractivity contribution is 0.305. The van der Waals surface area contributed by atoms with Crippen LogP contribution >= 0.6 is 45.9 Å². The SMILES string of the molecule is CCCCOc1c(-c2ncc(Cc3ccc(Cl)c(Cl)c3)s2)nc2sc(C)cn2c1=O. The predicted octanol–water partition coefficient (Wildman–Crippen LogP) is 6.26. The average Bonchev–Trinajstić information content (AvgIpc) is 3.32. The molecule has 0 fully saturated rings. The van der Waals surface area contributed by atoms with Gasteiger partial charge in [-0.05, 0) is 31.0 Å². The molecule has 0 saturated heterocycles. The number of hydrogen-bond donors (Lipinski definition) is 0. The summed E-state index contributed by atoms with van der Waals surface area (Å²) in [5, 5.41) is 1.73. The van der Waals surface area contributed by atoms with Gasteiger partial charge in [-0.2, -0.15) is 0 Å². The highest BCUT2D eigenvalue weighted by Gasteiger charge is 2.20. The number of aromatic nitrogens is 3. The molecular formula is C21H19Cl2N3O2S2. The number of aryl methyl sites for hydroxylation is 1. The molecule has 9 heteroatoms. The number of thiazole rings is 2. The second kappa shape index (κ2) is 9.06. The third kappa shape index (κ3) is 4.39. The van der Waals surface area contributed by atoms with E-state index in [0.29, 0.717) is 38.7 Å². The van der Waals surface area contributed by atoms with E-state index in [1.54, 1.807) is 16.7 Å². The topological polar surface area (TPSA) is 56.5 Å². The van der Waals surface area contributed by atoms with Crippen LogP contribution in [0.4, 0.5) is 0 Å². The van der Waals surface area contributed by atoms with Crippen LogP contribution in [0.25, 0.3) is 15.7 Å². The van der Waals surface area contributed by atoms with E-state index in [-0.39, 0.29) is 11.3 Å². The molecule has 0 bridgehead atoms. The lowest BCUT2D eigenvalue weighted by Crippen LogP contribution is -2.18. The Morgan fingerprint density at radius 2 is 2.03 bits per heavy atom. The number of nitrogens with zero attached hydrogens (tertiary/aromatic N) is 3. The van der Waals surface area contributed by atoms with Crippen LogP contribution in [0.2, 0.25) is 10.0 Å². The van der Waals surface area contributed by atoms with Crippen LogP contribution in [0.15, 0.2) is 35.4 Å². The summed E-state index contributed by atoms with van der Waals surface area (Å²) in [6, 6.07) is 5.59. The van der Waals surface area contributed by atoms with Gasteiger partial charge in [0.2, 0.25) is 5.75 Å². The molecule has 0 aliphatic carbocycles. The van der Waals surface area contributed by atoms with Crippen molar-refractivity contribution >= 4 is 50.8 Å². The maximum Gasteiger partial charge on any atom is 0.301 e. The molecule has 0 spiro atoms. The monoisotopic (exact) mass is 479 g/mol. The van der Waals surface area contributed by atoms with E-state index in [1.165, 1.54) is 22.7 Å². The molecule has 0 amide bonds. The summed E-state index contributed by atoms with van der Waals surface area (Å²) >= 11 is 15.1. The number of ether oxygens (including phenoxy) is 1.